The lowest BCUT2D eigenvalue weighted by molar-refractivity contribution is -0.137. The molecule has 0 radical (unpaired) electrons. The summed E-state index contributed by atoms with van der Waals surface area (Å²) in [5.41, 5.74) is 8.12. The maximum absolute atomic E-state index is 13.0. The van der Waals surface area contributed by atoms with Crippen molar-refractivity contribution in [3.63, 3.8) is 0 Å². The van der Waals surface area contributed by atoms with E-state index in [1.54, 1.807) is 12.1 Å². The zero-order valence-electron chi connectivity index (χ0n) is 17.0. The number of carbonyl (C=O) groups excluding carboxylic acids is 2. The summed E-state index contributed by atoms with van der Waals surface area (Å²) in [5.74, 6) is 0.293. The minimum Gasteiger partial charge on any atom is -0.338 e. The van der Waals surface area contributed by atoms with Crippen molar-refractivity contribution >= 4 is 17.5 Å². The molecule has 2 aromatic carbocycles. The molecule has 1 aliphatic carbocycles. The van der Waals surface area contributed by atoms with Crippen LogP contribution >= 0.6 is 0 Å². The summed E-state index contributed by atoms with van der Waals surface area (Å²) in [5, 5.41) is 2.91. The van der Waals surface area contributed by atoms with Gasteiger partial charge in [-0.05, 0) is 55.6 Å². The van der Waals surface area contributed by atoms with Gasteiger partial charge in [0.25, 0.3) is 5.91 Å². The van der Waals surface area contributed by atoms with E-state index in [1.165, 1.54) is 6.42 Å². The van der Waals surface area contributed by atoms with Gasteiger partial charge in [-0.3, -0.25) is 9.59 Å². The molecule has 1 saturated carbocycles. The number of nitrogens with two attached hydrogens (primary N) is 1. The predicted octanol–water partition coefficient (Wildman–Crippen LogP) is 4.20. The van der Waals surface area contributed by atoms with Crippen molar-refractivity contribution in [2.45, 2.75) is 45.1 Å². The summed E-state index contributed by atoms with van der Waals surface area (Å²) in [4.78, 5) is 27.2. The van der Waals surface area contributed by atoms with Crippen molar-refractivity contribution in [3.05, 3.63) is 65.7 Å². The Bertz CT molecular complexity index is 784. The first-order chi connectivity index (χ1) is 14.2. The second-order valence-corrected chi connectivity index (χ2v) is 7.75. The molecule has 0 atom stereocenters. The van der Waals surface area contributed by atoms with Crippen LogP contribution in [0.3, 0.4) is 0 Å². The lowest BCUT2D eigenvalue weighted by Gasteiger charge is -2.29. The smallest absolute Gasteiger partial charge is 0.255 e. The number of anilines is 1. The van der Waals surface area contributed by atoms with Gasteiger partial charge in [0.1, 0.15) is 0 Å². The van der Waals surface area contributed by atoms with Gasteiger partial charge in [-0.25, -0.2) is 0 Å². The van der Waals surface area contributed by atoms with Crippen LogP contribution in [0.5, 0.6) is 0 Å². The van der Waals surface area contributed by atoms with Gasteiger partial charge >= 0.3 is 0 Å². The SMILES string of the molecule is NCCCN(Cc1ccc(NC(=O)c2ccccc2)cc1)C(=O)C1CCCCC1. The molecule has 2 aromatic rings. The van der Waals surface area contributed by atoms with E-state index in [0.29, 0.717) is 25.2 Å². The quantitative estimate of drug-likeness (QED) is 0.706. The Hall–Kier alpha value is -2.66. The molecule has 0 spiro atoms. The van der Waals surface area contributed by atoms with Crippen molar-refractivity contribution in [1.29, 1.82) is 0 Å². The van der Waals surface area contributed by atoms with Gasteiger partial charge in [0.05, 0.1) is 0 Å². The fraction of sp³-hybridized carbons (Fsp3) is 0.417. The van der Waals surface area contributed by atoms with E-state index in [4.69, 9.17) is 5.73 Å². The van der Waals surface area contributed by atoms with E-state index in [9.17, 15) is 9.59 Å². The Kier molecular flexibility index (Phi) is 7.82. The molecule has 0 unspecified atom stereocenters. The van der Waals surface area contributed by atoms with Gasteiger partial charge < -0.3 is 16.0 Å². The van der Waals surface area contributed by atoms with E-state index in [-0.39, 0.29) is 17.7 Å². The monoisotopic (exact) mass is 393 g/mol. The fourth-order valence-corrected chi connectivity index (χ4v) is 3.86. The molecule has 3 rings (SSSR count). The number of rotatable bonds is 8. The summed E-state index contributed by atoms with van der Waals surface area (Å²) in [6.45, 7) is 1.86. The van der Waals surface area contributed by atoms with Crippen LogP contribution in [-0.2, 0) is 11.3 Å². The average Bonchev–Trinajstić information content (AvgIpc) is 2.78. The fourth-order valence-electron chi connectivity index (χ4n) is 3.86. The number of nitrogens with one attached hydrogen (secondary N) is 1. The lowest BCUT2D eigenvalue weighted by atomic mass is 9.88. The molecular formula is C24H31N3O2. The maximum atomic E-state index is 13.0. The third-order valence-corrected chi connectivity index (χ3v) is 5.52. The molecule has 5 nitrogen and oxygen atoms in total. The molecular weight excluding hydrogens is 362 g/mol. The Labute approximate surface area is 173 Å². The number of amides is 2. The molecule has 2 amide bonds. The summed E-state index contributed by atoms with van der Waals surface area (Å²) in [7, 11) is 0. The van der Waals surface area contributed by atoms with Gasteiger partial charge in [-0.1, -0.05) is 49.6 Å². The molecule has 29 heavy (non-hydrogen) atoms. The molecule has 154 valence electrons. The minimum atomic E-state index is -0.129. The lowest BCUT2D eigenvalue weighted by Crippen LogP contribution is -2.37. The van der Waals surface area contributed by atoms with E-state index in [1.807, 2.05) is 47.4 Å². The third-order valence-electron chi connectivity index (χ3n) is 5.52. The maximum Gasteiger partial charge on any atom is 0.255 e. The van der Waals surface area contributed by atoms with Crippen LogP contribution in [-0.4, -0.2) is 29.8 Å². The Morgan fingerprint density at radius 3 is 2.31 bits per heavy atom. The van der Waals surface area contributed by atoms with E-state index in [0.717, 1.165) is 43.4 Å². The molecule has 5 heteroatoms. The van der Waals surface area contributed by atoms with Crippen molar-refractivity contribution in [2.75, 3.05) is 18.4 Å². The second kappa shape index (κ2) is 10.8. The molecule has 0 heterocycles. The zero-order valence-corrected chi connectivity index (χ0v) is 17.0. The first-order valence-corrected chi connectivity index (χ1v) is 10.6. The Balaban J connectivity index is 1.62. The molecule has 1 fully saturated rings. The van der Waals surface area contributed by atoms with Crippen LogP contribution in [0.1, 0.15) is 54.4 Å². The van der Waals surface area contributed by atoms with Crippen LogP contribution in [0.25, 0.3) is 0 Å². The van der Waals surface area contributed by atoms with Crippen LogP contribution < -0.4 is 11.1 Å². The van der Waals surface area contributed by atoms with Gasteiger partial charge in [-0.15, -0.1) is 0 Å². The summed E-state index contributed by atoms with van der Waals surface area (Å²) < 4.78 is 0. The second-order valence-electron chi connectivity index (χ2n) is 7.75. The minimum absolute atomic E-state index is 0.129. The molecule has 3 N–H and O–H groups in total. The average molecular weight is 394 g/mol. The number of nitrogens with zero attached hydrogens (tertiary/aromatic N) is 1. The van der Waals surface area contributed by atoms with E-state index in [2.05, 4.69) is 5.32 Å². The van der Waals surface area contributed by atoms with Crippen molar-refractivity contribution in [2.24, 2.45) is 11.7 Å². The molecule has 0 saturated heterocycles. The summed E-state index contributed by atoms with van der Waals surface area (Å²) in [6, 6.07) is 16.9. The highest BCUT2D eigenvalue weighted by Crippen LogP contribution is 2.26. The van der Waals surface area contributed by atoms with Crippen LogP contribution in [0.4, 0.5) is 5.69 Å². The Morgan fingerprint density at radius 2 is 1.66 bits per heavy atom. The van der Waals surface area contributed by atoms with Crippen molar-refractivity contribution in [1.82, 2.24) is 4.90 Å². The van der Waals surface area contributed by atoms with Crippen LogP contribution in [0, 0.1) is 5.92 Å². The number of hydrogen-bond donors (Lipinski definition) is 2. The van der Waals surface area contributed by atoms with E-state index < -0.39 is 0 Å². The van der Waals surface area contributed by atoms with Crippen molar-refractivity contribution in [3.8, 4) is 0 Å². The normalized spacial score (nSPS) is 14.4. The molecule has 0 aliphatic heterocycles. The van der Waals surface area contributed by atoms with Gasteiger partial charge in [0.15, 0.2) is 0 Å². The van der Waals surface area contributed by atoms with Crippen molar-refractivity contribution < 1.29 is 9.59 Å². The Morgan fingerprint density at radius 1 is 0.966 bits per heavy atom. The first-order valence-electron chi connectivity index (χ1n) is 10.6. The third kappa shape index (κ3) is 6.16. The van der Waals surface area contributed by atoms with Gasteiger partial charge in [0.2, 0.25) is 5.91 Å². The van der Waals surface area contributed by atoms with Gasteiger partial charge in [0, 0.05) is 30.3 Å². The predicted molar refractivity (Wildman–Crippen MR) is 117 cm³/mol. The number of benzene rings is 2. The molecule has 0 bridgehead atoms. The standard InChI is InChI=1S/C24H31N3O2/c25-16-7-17-27(24(29)21-10-5-2-6-11-21)18-19-12-14-22(15-13-19)26-23(28)20-8-3-1-4-9-20/h1,3-4,8-9,12-15,21H,2,5-7,10-11,16-18,25H2,(H,26,28). The topological polar surface area (TPSA) is 75.4 Å². The highest BCUT2D eigenvalue weighted by atomic mass is 16.2. The first kappa shape index (κ1) is 21.1. The summed E-state index contributed by atoms with van der Waals surface area (Å²) >= 11 is 0. The van der Waals surface area contributed by atoms with Crippen LogP contribution in [0.15, 0.2) is 54.6 Å². The summed E-state index contributed by atoms with van der Waals surface area (Å²) in [6.07, 6.45) is 6.35. The molecule has 1 aliphatic rings. The number of carbonyl (C=O) groups is 2. The zero-order chi connectivity index (χ0) is 20.5. The van der Waals surface area contributed by atoms with Gasteiger partial charge in [-0.2, -0.15) is 0 Å². The highest BCUT2D eigenvalue weighted by molar-refractivity contribution is 6.04. The largest absolute Gasteiger partial charge is 0.338 e. The highest BCUT2D eigenvalue weighted by Gasteiger charge is 2.25. The number of hydrogen-bond acceptors (Lipinski definition) is 3. The van der Waals surface area contributed by atoms with E-state index >= 15 is 0 Å². The molecule has 0 aromatic heterocycles. The van der Waals surface area contributed by atoms with Crippen LogP contribution in [0.2, 0.25) is 0 Å².